The Hall–Kier alpha value is -2.66. The van der Waals surface area contributed by atoms with Crippen molar-refractivity contribution in [2.75, 3.05) is 22.9 Å². The van der Waals surface area contributed by atoms with Gasteiger partial charge in [0.1, 0.15) is 5.70 Å². The van der Waals surface area contributed by atoms with E-state index in [9.17, 15) is 4.79 Å². The molecular formula is C22H23N3OS. The lowest BCUT2D eigenvalue weighted by Gasteiger charge is -2.28. The predicted octanol–water partition coefficient (Wildman–Crippen LogP) is 4.25. The number of anilines is 2. The number of nitrogens with zero attached hydrogens (tertiary/aromatic N) is 2. The van der Waals surface area contributed by atoms with Crippen LogP contribution in [0.3, 0.4) is 0 Å². The van der Waals surface area contributed by atoms with Crippen LogP contribution in [0.2, 0.25) is 0 Å². The maximum absolute atomic E-state index is 12.8. The number of benzene rings is 2. The molecule has 0 unspecified atom stereocenters. The molecule has 5 heteroatoms. The van der Waals surface area contributed by atoms with Gasteiger partial charge in [0.25, 0.3) is 5.91 Å². The minimum absolute atomic E-state index is 0.120. The minimum Gasteiger partial charge on any atom is -0.372 e. The third-order valence-electron chi connectivity index (χ3n) is 5.06. The molecule has 0 aromatic heterocycles. The molecule has 4 rings (SSSR count). The third kappa shape index (κ3) is 3.74. The van der Waals surface area contributed by atoms with Crippen LogP contribution in [0.25, 0.3) is 6.08 Å². The Kier molecular flexibility index (Phi) is 4.94. The van der Waals surface area contributed by atoms with E-state index in [1.165, 1.54) is 24.9 Å². The summed E-state index contributed by atoms with van der Waals surface area (Å²) < 4.78 is 0. The molecule has 0 aliphatic carbocycles. The van der Waals surface area contributed by atoms with Gasteiger partial charge in [-0.05, 0) is 79.9 Å². The molecule has 2 heterocycles. The number of hydrogen-bond acceptors (Lipinski definition) is 3. The van der Waals surface area contributed by atoms with Crippen LogP contribution in [-0.4, -0.2) is 24.1 Å². The van der Waals surface area contributed by atoms with Crippen molar-refractivity contribution < 1.29 is 4.79 Å². The zero-order valence-corrected chi connectivity index (χ0v) is 16.3. The normalized spacial score (nSPS) is 18.9. The van der Waals surface area contributed by atoms with E-state index in [1.807, 2.05) is 37.3 Å². The second kappa shape index (κ2) is 7.53. The van der Waals surface area contributed by atoms with Crippen LogP contribution >= 0.6 is 12.2 Å². The Morgan fingerprint density at radius 1 is 1.00 bits per heavy atom. The van der Waals surface area contributed by atoms with E-state index in [0.717, 1.165) is 29.9 Å². The maximum Gasteiger partial charge on any atom is 0.281 e. The minimum atomic E-state index is -0.120. The average Bonchev–Trinajstić information content (AvgIpc) is 2.96. The van der Waals surface area contributed by atoms with Crippen molar-refractivity contribution in [3.8, 4) is 0 Å². The Labute approximate surface area is 165 Å². The Morgan fingerprint density at radius 2 is 1.74 bits per heavy atom. The van der Waals surface area contributed by atoms with Gasteiger partial charge in [-0.15, -0.1) is 0 Å². The van der Waals surface area contributed by atoms with E-state index in [1.54, 1.807) is 4.90 Å². The summed E-state index contributed by atoms with van der Waals surface area (Å²) in [6.45, 7) is 4.25. The van der Waals surface area contributed by atoms with Gasteiger partial charge in [-0.1, -0.05) is 24.3 Å². The first-order chi connectivity index (χ1) is 13.1. The first-order valence-electron chi connectivity index (χ1n) is 9.41. The molecule has 2 fully saturated rings. The number of carbonyl (C=O) groups excluding carboxylic acids is 1. The molecule has 0 spiro atoms. The lowest BCUT2D eigenvalue weighted by Crippen LogP contribution is -2.30. The molecule has 2 aromatic carbocycles. The van der Waals surface area contributed by atoms with Gasteiger partial charge in [0, 0.05) is 18.8 Å². The Bertz CT molecular complexity index is 898. The quantitative estimate of drug-likeness (QED) is 0.641. The van der Waals surface area contributed by atoms with Gasteiger partial charge >= 0.3 is 0 Å². The highest BCUT2D eigenvalue weighted by atomic mass is 32.1. The molecule has 1 amide bonds. The molecule has 4 nitrogen and oxygen atoms in total. The first kappa shape index (κ1) is 17.7. The SMILES string of the molecule is Cc1cccc(N2C(=O)/C(=C\c3ccc(N4CCCCC4)cc3)NC2=S)c1. The van der Waals surface area contributed by atoms with E-state index in [-0.39, 0.29) is 5.91 Å². The summed E-state index contributed by atoms with van der Waals surface area (Å²) in [5.41, 5.74) is 4.63. The van der Waals surface area contributed by atoms with Gasteiger partial charge in [0.15, 0.2) is 5.11 Å². The van der Waals surface area contributed by atoms with Crippen LogP contribution < -0.4 is 15.1 Å². The Balaban J connectivity index is 1.54. The fourth-order valence-electron chi connectivity index (χ4n) is 3.64. The van der Waals surface area contributed by atoms with Crippen LogP contribution in [0.5, 0.6) is 0 Å². The maximum atomic E-state index is 12.8. The summed E-state index contributed by atoms with van der Waals surface area (Å²) in [5, 5.41) is 3.47. The van der Waals surface area contributed by atoms with Crippen LogP contribution in [0, 0.1) is 6.92 Å². The van der Waals surface area contributed by atoms with Gasteiger partial charge < -0.3 is 10.2 Å². The topological polar surface area (TPSA) is 35.6 Å². The lowest BCUT2D eigenvalue weighted by atomic mass is 10.1. The molecule has 0 saturated carbocycles. The molecule has 2 aliphatic rings. The first-order valence-corrected chi connectivity index (χ1v) is 9.81. The van der Waals surface area contributed by atoms with E-state index in [2.05, 4.69) is 34.5 Å². The van der Waals surface area contributed by atoms with E-state index in [0.29, 0.717) is 10.8 Å². The van der Waals surface area contributed by atoms with Crippen molar-refractivity contribution in [2.45, 2.75) is 26.2 Å². The molecular weight excluding hydrogens is 354 g/mol. The average molecular weight is 378 g/mol. The number of aryl methyl sites for hydroxylation is 1. The fourth-order valence-corrected chi connectivity index (χ4v) is 3.94. The van der Waals surface area contributed by atoms with Crippen molar-refractivity contribution in [3.63, 3.8) is 0 Å². The molecule has 1 N–H and O–H groups in total. The Morgan fingerprint density at radius 3 is 2.44 bits per heavy atom. The number of amides is 1. The number of rotatable bonds is 3. The zero-order valence-electron chi connectivity index (χ0n) is 15.4. The molecule has 0 bridgehead atoms. The monoisotopic (exact) mass is 377 g/mol. The van der Waals surface area contributed by atoms with Gasteiger partial charge in [-0.25, -0.2) is 0 Å². The van der Waals surface area contributed by atoms with Gasteiger partial charge in [-0.2, -0.15) is 0 Å². The van der Waals surface area contributed by atoms with E-state index < -0.39 is 0 Å². The summed E-state index contributed by atoms with van der Waals surface area (Å²) in [7, 11) is 0. The summed E-state index contributed by atoms with van der Waals surface area (Å²) in [6.07, 6.45) is 5.71. The van der Waals surface area contributed by atoms with Gasteiger partial charge in [0.2, 0.25) is 0 Å². The smallest absolute Gasteiger partial charge is 0.281 e. The highest BCUT2D eigenvalue weighted by Crippen LogP contribution is 2.25. The molecule has 27 heavy (non-hydrogen) atoms. The van der Waals surface area contributed by atoms with Crippen molar-refractivity contribution in [3.05, 3.63) is 65.4 Å². The summed E-state index contributed by atoms with van der Waals surface area (Å²) in [6, 6.07) is 16.2. The number of hydrogen-bond donors (Lipinski definition) is 1. The fraction of sp³-hybridized carbons (Fsp3) is 0.273. The van der Waals surface area contributed by atoms with Crippen LogP contribution in [0.4, 0.5) is 11.4 Å². The van der Waals surface area contributed by atoms with Crippen molar-refractivity contribution in [1.29, 1.82) is 0 Å². The number of nitrogens with one attached hydrogen (secondary N) is 1. The molecule has 138 valence electrons. The third-order valence-corrected chi connectivity index (χ3v) is 5.35. The highest BCUT2D eigenvalue weighted by molar-refractivity contribution is 7.80. The molecule has 0 atom stereocenters. The van der Waals surface area contributed by atoms with Gasteiger partial charge in [0.05, 0.1) is 5.69 Å². The second-order valence-corrected chi connectivity index (χ2v) is 7.49. The van der Waals surface area contributed by atoms with Crippen LogP contribution in [-0.2, 0) is 4.79 Å². The number of thiocarbonyl (C=S) groups is 1. The highest BCUT2D eigenvalue weighted by Gasteiger charge is 2.31. The number of piperidine rings is 1. The summed E-state index contributed by atoms with van der Waals surface area (Å²) >= 11 is 5.39. The van der Waals surface area contributed by atoms with Crippen LogP contribution in [0.1, 0.15) is 30.4 Å². The second-order valence-electron chi connectivity index (χ2n) is 7.11. The van der Waals surface area contributed by atoms with Crippen molar-refractivity contribution in [2.24, 2.45) is 0 Å². The molecule has 2 saturated heterocycles. The van der Waals surface area contributed by atoms with Crippen molar-refractivity contribution in [1.82, 2.24) is 5.32 Å². The molecule has 0 radical (unpaired) electrons. The van der Waals surface area contributed by atoms with E-state index in [4.69, 9.17) is 12.2 Å². The van der Waals surface area contributed by atoms with Gasteiger partial charge in [-0.3, -0.25) is 9.69 Å². The molecule has 2 aromatic rings. The molecule has 2 aliphatic heterocycles. The summed E-state index contributed by atoms with van der Waals surface area (Å²) in [4.78, 5) is 16.8. The van der Waals surface area contributed by atoms with Crippen molar-refractivity contribution >= 4 is 40.7 Å². The zero-order chi connectivity index (χ0) is 18.8. The number of carbonyl (C=O) groups is 1. The predicted molar refractivity (Wildman–Crippen MR) is 115 cm³/mol. The largest absolute Gasteiger partial charge is 0.372 e. The summed E-state index contributed by atoms with van der Waals surface area (Å²) in [5.74, 6) is -0.120. The van der Waals surface area contributed by atoms with Crippen LogP contribution in [0.15, 0.2) is 54.2 Å². The standard InChI is InChI=1S/C22H23N3OS/c1-16-6-5-7-19(14-16)25-21(26)20(23-22(25)27)15-17-8-10-18(11-9-17)24-12-3-2-4-13-24/h5-11,14-15H,2-4,12-13H2,1H3,(H,23,27)/b20-15+. The lowest BCUT2D eigenvalue weighted by molar-refractivity contribution is -0.113. The van der Waals surface area contributed by atoms with E-state index >= 15 is 0 Å².